The second-order valence-corrected chi connectivity index (χ2v) is 7.03. The zero-order chi connectivity index (χ0) is 19.2. The maximum Gasteiger partial charge on any atom is 0.226 e. The lowest BCUT2D eigenvalue weighted by Gasteiger charge is -2.04. The molecular formula is C19H17N5O2S. The first kappa shape index (κ1) is 18.5. The van der Waals surface area contributed by atoms with Crippen molar-refractivity contribution in [3.05, 3.63) is 58.5 Å². The first-order chi connectivity index (χ1) is 13.1. The minimum Gasteiger partial charge on any atom is -0.506 e. The first-order valence-electron chi connectivity index (χ1n) is 8.29. The standard InChI is InChI=1S/C19H17N5O2S/c1-12-15(9-17(26)22-7-5-14-4-2-3-6-21-14)24-19(27-12)18-16(25)8-13(10-20)11-23-18/h2-4,6,8,11,25H,5,7,9H2,1H3,(H,22,26). The van der Waals surface area contributed by atoms with Crippen LogP contribution in [-0.2, 0) is 17.6 Å². The fourth-order valence-corrected chi connectivity index (χ4v) is 3.40. The van der Waals surface area contributed by atoms with Gasteiger partial charge in [0, 0.05) is 42.0 Å². The smallest absolute Gasteiger partial charge is 0.226 e. The Morgan fingerprint density at radius 2 is 2.22 bits per heavy atom. The number of aryl methyl sites for hydroxylation is 1. The van der Waals surface area contributed by atoms with Gasteiger partial charge in [0.15, 0.2) is 0 Å². The first-order valence-corrected chi connectivity index (χ1v) is 9.11. The third-order valence-electron chi connectivity index (χ3n) is 3.85. The molecule has 136 valence electrons. The van der Waals surface area contributed by atoms with Gasteiger partial charge < -0.3 is 10.4 Å². The van der Waals surface area contributed by atoms with Crippen LogP contribution in [0.25, 0.3) is 10.7 Å². The van der Waals surface area contributed by atoms with E-state index in [2.05, 4.69) is 20.3 Å². The van der Waals surface area contributed by atoms with Crippen molar-refractivity contribution in [2.45, 2.75) is 19.8 Å². The minimum absolute atomic E-state index is 0.103. The molecular weight excluding hydrogens is 362 g/mol. The molecule has 0 bridgehead atoms. The van der Waals surface area contributed by atoms with Crippen LogP contribution >= 0.6 is 11.3 Å². The van der Waals surface area contributed by atoms with Crippen LogP contribution in [0, 0.1) is 18.3 Å². The summed E-state index contributed by atoms with van der Waals surface area (Å²) in [4.78, 5) is 25.8. The van der Waals surface area contributed by atoms with E-state index in [1.54, 1.807) is 6.20 Å². The molecule has 0 aromatic carbocycles. The highest BCUT2D eigenvalue weighted by molar-refractivity contribution is 7.15. The molecule has 0 aliphatic carbocycles. The molecule has 0 atom stereocenters. The molecule has 2 N–H and O–H groups in total. The lowest BCUT2D eigenvalue weighted by molar-refractivity contribution is -0.120. The predicted octanol–water partition coefficient (Wildman–Crippen LogP) is 2.39. The number of rotatable bonds is 6. The van der Waals surface area contributed by atoms with Crippen molar-refractivity contribution in [1.29, 1.82) is 5.26 Å². The number of aromatic hydroxyl groups is 1. The summed E-state index contributed by atoms with van der Waals surface area (Å²) < 4.78 is 0. The zero-order valence-corrected chi connectivity index (χ0v) is 15.5. The van der Waals surface area contributed by atoms with Gasteiger partial charge in [0.2, 0.25) is 5.91 Å². The number of nitriles is 1. The van der Waals surface area contributed by atoms with Crippen LogP contribution in [0.5, 0.6) is 5.75 Å². The third-order valence-corrected chi connectivity index (χ3v) is 4.87. The Morgan fingerprint density at radius 1 is 1.37 bits per heavy atom. The Bertz CT molecular complexity index is 995. The van der Waals surface area contributed by atoms with Crippen molar-refractivity contribution in [3.8, 4) is 22.5 Å². The molecule has 7 nitrogen and oxygen atoms in total. The zero-order valence-electron chi connectivity index (χ0n) is 14.6. The Balaban J connectivity index is 1.63. The van der Waals surface area contributed by atoms with Crippen LogP contribution in [0.2, 0.25) is 0 Å². The van der Waals surface area contributed by atoms with Crippen molar-refractivity contribution >= 4 is 17.2 Å². The number of nitrogens with zero attached hydrogens (tertiary/aromatic N) is 4. The molecule has 0 aliphatic rings. The molecule has 3 aromatic rings. The van der Waals surface area contributed by atoms with Crippen LogP contribution < -0.4 is 5.32 Å². The van der Waals surface area contributed by atoms with Gasteiger partial charge in [-0.25, -0.2) is 9.97 Å². The molecule has 3 aromatic heterocycles. The van der Waals surface area contributed by atoms with Crippen LogP contribution in [0.1, 0.15) is 21.8 Å². The molecule has 8 heteroatoms. The maximum absolute atomic E-state index is 12.2. The Morgan fingerprint density at radius 3 is 2.93 bits per heavy atom. The van der Waals surface area contributed by atoms with Crippen molar-refractivity contribution in [1.82, 2.24) is 20.3 Å². The number of hydrogen-bond donors (Lipinski definition) is 2. The van der Waals surface area contributed by atoms with Gasteiger partial charge in [-0.05, 0) is 19.1 Å². The normalized spacial score (nSPS) is 10.4. The van der Waals surface area contributed by atoms with E-state index >= 15 is 0 Å². The van der Waals surface area contributed by atoms with E-state index in [1.165, 1.54) is 23.6 Å². The topological polar surface area (TPSA) is 112 Å². The van der Waals surface area contributed by atoms with Crippen molar-refractivity contribution in [2.75, 3.05) is 6.54 Å². The highest BCUT2D eigenvalue weighted by atomic mass is 32.1. The van der Waals surface area contributed by atoms with Gasteiger partial charge in [0.1, 0.15) is 22.5 Å². The predicted molar refractivity (Wildman–Crippen MR) is 101 cm³/mol. The van der Waals surface area contributed by atoms with Gasteiger partial charge in [0.25, 0.3) is 0 Å². The fraction of sp³-hybridized carbons (Fsp3) is 0.211. The number of carbonyl (C=O) groups is 1. The van der Waals surface area contributed by atoms with Crippen LogP contribution in [0.3, 0.4) is 0 Å². The molecule has 0 aliphatic heterocycles. The van der Waals surface area contributed by atoms with Gasteiger partial charge in [-0.15, -0.1) is 11.3 Å². The van der Waals surface area contributed by atoms with E-state index in [0.717, 1.165) is 10.6 Å². The Labute approximate surface area is 160 Å². The maximum atomic E-state index is 12.2. The summed E-state index contributed by atoms with van der Waals surface area (Å²) in [6.07, 6.45) is 3.93. The van der Waals surface area contributed by atoms with E-state index in [-0.39, 0.29) is 23.6 Å². The molecule has 3 rings (SSSR count). The average Bonchev–Trinajstić information content (AvgIpc) is 3.02. The quantitative estimate of drug-likeness (QED) is 0.680. The Hall–Kier alpha value is -3.31. The summed E-state index contributed by atoms with van der Waals surface area (Å²) >= 11 is 1.35. The molecule has 0 radical (unpaired) electrons. The molecule has 0 saturated heterocycles. The van der Waals surface area contributed by atoms with Crippen LogP contribution in [0.15, 0.2) is 36.7 Å². The summed E-state index contributed by atoms with van der Waals surface area (Å²) in [6.45, 7) is 2.38. The largest absolute Gasteiger partial charge is 0.506 e. The highest BCUT2D eigenvalue weighted by Crippen LogP contribution is 2.32. The molecule has 0 spiro atoms. The van der Waals surface area contributed by atoms with E-state index in [0.29, 0.717) is 29.4 Å². The SMILES string of the molecule is Cc1sc(-c2ncc(C#N)cc2O)nc1CC(=O)NCCc1ccccn1. The van der Waals surface area contributed by atoms with E-state index in [9.17, 15) is 9.90 Å². The molecule has 1 amide bonds. The van der Waals surface area contributed by atoms with Gasteiger partial charge in [-0.2, -0.15) is 5.26 Å². The lowest BCUT2D eigenvalue weighted by Crippen LogP contribution is -2.27. The van der Waals surface area contributed by atoms with Crippen molar-refractivity contribution in [3.63, 3.8) is 0 Å². The lowest BCUT2D eigenvalue weighted by atomic mass is 10.2. The second-order valence-electron chi connectivity index (χ2n) is 5.82. The van der Waals surface area contributed by atoms with E-state index in [4.69, 9.17) is 5.26 Å². The second kappa shape index (κ2) is 8.38. The van der Waals surface area contributed by atoms with Gasteiger partial charge in [-0.1, -0.05) is 6.07 Å². The molecule has 0 unspecified atom stereocenters. The number of carbonyl (C=O) groups excluding carboxylic acids is 1. The third kappa shape index (κ3) is 4.65. The highest BCUT2D eigenvalue weighted by Gasteiger charge is 2.16. The summed E-state index contributed by atoms with van der Waals surface area (Å²) in [5.41, 5.74) is 2.16. The molecule has 0 saturated carbocycles. The number of thiazole rings is 1. The average molecular weight is 379 g/mol. The monoisotopic (exact) mass is 379 g/mol. The van der Waals surface area contributed by atoms with Crippen LogP contribution in [-0.4, -0.2) is 32.5 Å². The number of pyridine rings is 2. The van der Waals surface area contributed by atoms with Crippen molar-refractivity contribution in [2.24, 2.45) is 0 Å². The Kier molecular flexibility index (Phi) is 5.74. The molecule has 3 heterocycles. The summed E-state index contributed by atoms with van der Waals surface area (Å²) in [5.74, 6) is -0.225. The van der Waals surface area contributed by atoms with E-state index < -0.39 is 0 Å². The van der Waals surface area contributed by atoms with Gasteiger partial charge in [-0.3, -0.25) is 9.78 Å². The van der Waals surface area contributed by atoms with Gasteiger partial charge >= 0.3 is 0 Å². The number of amides is 1. The molecule has 0 fully saturated rings. The summed E-state index contributed by atoms with van der Waals surface area (Å²) in [6, 6.07) is 8.96. The number of hydrogen-bond acceptors (Lipinski definition) is 7. The minimum atomic E-state index is -0.122. The summed E-state index contributed by atoms with van der Waals surface area (Å²) in [5, 5.41) is 22.3. The number of nitrogens with one attached hydrogen (secondary N) is 1. The summed E-state index contributed by atoms with van der Waals surface area (Å²) in [7, 11) is 0. The fourth-order valence-electron chi connectivity index (χ4n) is 2.46. The molecule has 27 heavy (non-hydrogen) atoms. The van der Waals surface area contributed by atoms with E-state index in [1.807, 2.05) is 31.2 Å². The van der Waals surface area contributed by atoms with Gasteiger partial charge in [0.05, 0.1) is 17.7 Å². The van der Waals surface area contributed by atoms with Crippen LogP contribution in [0.4, 0.5) is 0 Å². The number of aromatic nitrogens is 3. The van der Waals surface area contributed by atoms with Crippen molar-refractivity contribution < 1.29 is 9.90 Å².